The molecular formula is C6H10F. The number of unbranched alkanes of at least 4 members (excludes halogenated alkanes) is 1. The lowest BCUT2D eigenvalue weighted by atomic mass is 10.3. The van der Waals surface area contributed by atoms with Crippen molar-refractivity contribution in [2.24, 2.45) is 0 Å². The molecule has 0 aromatic carbocycles. The van der Waals surface area contributed by atoms with Crippen molar-refractivity contribution in [3.05, 3.63) is 19.1 Å². The summed E-state index contributed by atoms with van der Waals surface area (Å²) in [5, 5.41) is 0. The first-order valence-electron chi connectivity index (χ1n) is 2.42. The van der Waals surface area contributed by atoms with E-state index in [1.807, 2.05) is 0 Å². The predicted molar refractivity (Wildman–Crippen MR) is 29.7 cm³/mol. The molecular weight excluding hydrogens is 91.1 g/mol. The van der Waals surface area contributed by atoms with E-state index >= 15 is 0 Å². The van der Waals surface area contributed by atoms with Crippen LogP contribution >= 0.6 is 0 Å². The fraction of sp³-hybridized carbons (Fsp3) is 0.500. The van der Waals surface area contributed by atoms with Crippen molar-refractivity contribution in [2.45, 2.75) is 12.8 Å². The van der Waals surface area contributed by atoms with Crippen LogP contribution in [0.1, 0.15) is 12.8 Å². The first-order valence-corrected chi connectivity index (χ1v) is 2.42. The predicted octanol–water partition coefficient (Wildman–Crippen LogP) is 2.13. The van der Waals surface area contributed by atoms with Crippen LogP contribution in [0.3, 0.4) is 0 Å². The molecule has 0 amide bonds. The van der Waals surface area contributed by atoms with Gasteiger partial charge in [-0.25, -0.2) is 4.39 Å². The summed E-state index contributed by atoms with van der Waals surface area (Å²) in [4.78, 5) is 0. The number of rotatable bonds is 3. The van der Waals surface area contributed by atoms with Crippen LogP contribution in [-0.4, -0.2) is 6.67 Å². The van der Waals surface area contributed by atoms with Crippen molar-refractivity contribution in [3.8, 4) is 0 Å². The van der Waals surface area contributed by atoms with E-state index in [1.54, 1.807) is 6.08 Å². The number of halogens is 1. The first-order chi connectivity index (χ1) is 3.41. The second-order valence-corrected chi connectivity index (χ2v) is 1.27. The van der Waals surface area contributed by atoms with Gasteiger partial charge in [-0.2, -0.15) is 0 Å². The highest BCUT2D eigenvalue weighted by atomic mass is 19.1. The van der Waals surface area contributed by atoms with Gasteiger partial charge in [0.25, 0.3) is 0 Å². The molecule has 0 N–H and O–H groups in total. The van der Waals surface area contributed by atoms with Crippen LogP contribution in [0.2, 0.25) is 0 Å². The molecule has 0 fully saturated rings. The van der Waals surface area contributed by atoms with E-state index in [0.717, 1.165) is 12.8 Å². The first kappa shape index (κ1) is 6.67. The van der Waals surface area contributed by atoms with Crippen LogP contribution in [0.5, 0.6) is 0 Å². The van der Waals surface area contributed by atoms with E-state index in [1.165, 1.54) is 6.08 Å². The molecule has 0 aliphatic heterocycles. The maximum atomic E-state index is 11.2. The third kappa shape index (κ3) is 5.67. The highest BCUT2D eigenvalue weighted by molar-refractivity contribution is 4.80. The van der Waals surface area contributed by atoms with E-state index in [4.69, 9.17) is 0 Å². The second kappa shape index (κ2) is 5.67. The van der Waals surface area contributed by atoms with Gasteiger partial charge in [0.05, 0.1) is 0 Å². The number of hydrogen-bond acceptors (Lipinski definition) is 0. The topological polar surface area (TPSA) is 0 Å². The minimum Gasteiger partial charge on any atom is -0.247 e. The Morgan fingerprint density at radius 3 is 2.57 bits per heavy atom. The maximum absolute atomic E-state index is 11.2. The number of hydrogen-bond donors (Lipinski definition) is 0. The smallest absolute Gasteiger partial charge is 0.108 e. The van der Waals surface area contributed by atoms with Crippen molar-refractivity contribution in [1.29, 1.82) is 0 Å². The average Bonchev–Trinajstić information content (AvgIpc) is 1.69. The van der Waals surface area contributed by atoms with E-state index in [0.29, 0.717) is 0 Å². The van der Waals surface area contributed by atoms with Crippen LogP contribution in [0, 0.1) is 6.92 Å². The zero-order valence-electron chi connectivity index (χ0n) is 4.36. The van der Waals surface area contributed by atoms with Gasteiger partial charge in [-0.1, -0.05) is 19.1 Å². The van der Waals surface area contributed by atoms with E-state index in [-0.39, 0.29) is 6.67 Å². The molecule has 0 unspecified atom stereocenters. The molecule has 0 aliphatic rings. The van der Waals surface area contributed by atoms with Crippen molar-refractivity contribution >= 4 is 0 Å². The zero-order chi connectivity index (χ0) is 5.54. The van der Waals surface area contributed by atoms with Crippen molar-refractivity contribution < 1.29 is 4.39 Å². The third-order valence-corrected chi connectivity index (χ3v) is 0.627. The molecule has 0 atom stereocenters. The van der Waals surface area contributed by atoms with Gasteiger partial charge in [0, 0.05) is 0 Å². The summed E-state index contributed by atoms with van der Waals surface area (Å²) in [5.41, 5.74) is 0. The summed E-state index contributed by atoms with van der Waals surface area (Å²) in [6.45, 7) is 3.24. The third-order valence-electron chi connectivity index (χ3n) is 0.627. The molecule has 1 heteroatoms. The van der Waals surface area contributed by atoms with Gasteiger partial charge in [-0.15, -0.1) is 0 Å². The molecule has 7 heavy (non-hydrogen) atoms. The summed E-state index contributed by atoms with van der Waals surface area (Å²) in [6.07, 6.45) is 5.05. The summed E-state index contributed by atoms with van der Waals surface area (Å²) in [5.74, 6) is 0. The minimum atomic E-state index is -0.347. The Morgan fingerprint density at radius 2 is 2.14 bits per heavy atom. The number of allylic oxidation sites excluding steroid dienone is 2. The van der Waals surface area contributed by atoms with Crippen molar-refractivity contribution in [3.63, 3.8) is 0 Å². The molecule has 0 aliphatic carbocycles. The Kier molecular flexibility index (Phi) is 5.40. The standard InChI is InChI=1S/C6H10F/c1-2-3-4-5-6-7/h4-5H,1-3,6H2. The maximum Gasteiger partial charge on any atom is 0.108 e. The Bertz CT molecular complexity index is 48.1. The molecule has 0 heterocycles. The highest BCUT2D eigenvalue weighted by Gasteiger charge is 1.69. The molecule has 1 radical (unpaired) electrons. The quantitative estimate of drug-likeness (QED) is 0.478. The fourth-order valence-electron chi connectivity index (χ4n) is 0.299. The SMILES string of the molecule is [CH2]CCC=CCF. The minimum absolute atomic E-state index is 0.347. The van der Waals surface area contributed by atoms with Crippen LogP contribution < -0.4 is 0 Å². The lowest BCUT2D eigenvalue weighted by Crippen LogP contribution is -1.63. The summed E-state index contributed by atoms with van der Waals surface area (Å²) >= 11 is 0. The van der Waals surface area contributed by atoms with Crippen molar-refractivity contribution in [2.75, 3.05) is 6.67 Å². The molecule has 0 aromatic heterocycles. The molecule has 0 rings (SSSR count). The van der Waals surface area contributed by atoms with Gasteiger partial charge in [0.1, 0.15) is 6.67 Å². The molecule has 0 aromatic rings. The monoisotopic (exact) mass is 101 g/mol. The van der Waals surface area contributed by atoms with Crippen LogP contribution in [0.15, 0.2) is 12.2 Å². The van der Waals surface area contributed by atoms with Gasteiger partial charge in [-0.05, 0) is 12.8 Å². The van der Waals surface area contributed by atoms with E-state index in [9.17, 15) is 4.39 Å². The van der Waals surface area contributed by atoms with Gasteiger partial charge in [0.2, 0.25) is 0 Å². The Balaban J connectivity index is 2.78. The van der Waals surface area contributed by atoms with Crippen LogP contribution in [0.25, 0.3) is 0 Å². The molecule has 41 valence electrons. The summed E-state index contributed by atoms with van der Waals surface area (Å²) < 4.78 is 11.2. The van der Waals surface area contributed by atoms with Gasteiger partial charge < -0.3 is 0 Å². The molecule has 0 bridgehead atoms. The summed E-state index contributed by atoms with van der Waals surface area (Å²) in [7, 11) is 0. The van der Waals surface area contributed by atoms with Gasteiger partial charge in [0.15, 0.2) is 0 Å². The molecule has 0 saturated carbocycles. The Labute approximate surface area is 44.0 Å². The van der Waals surface area contributed by atoms with Crippen LogP contribution in [-0.2, 0) is 0 Å². The second-order valence-electron chi connectivity index (χ2n) is 1.27. The summed E-state index contributed by atoms with van der Waals surface area (Å²) in [6, 6.07) is 0. The lowest BCUT2D eigenvalue weighted by molar-refractivity contribution is 0.561. The molecule has 0 nitrogen and oxygen atoms in total. The Morgan fingerprint density at radius 1 is 1.43 bits per heavy atom. The van der Waals surface area contributed by atoms with Crippen molar-refractivity contribution in [1.82, 2.24) is 0 Å². The largest absolute Gasteiger partial charge is 0.247 e. The van der Waals surface area contributed by atoms with E-state index < -0.39 is 0 Å². The molecule has 0 saturated heterocycles. The lowest BCUT2D eigenvalue weighted by Gasteiger charge is -1.78. The van der Waals surface area contributed by atoms with Crippen LogP contribution in [0.4, 0.5) is 4.39 Å². The highest BCUT2D eigenvalue weighted by Crippen LogP contribution is 1.86. The normalized spacial score (nSPS) is 10.6. The average molecular weight is 101 g/mol. The van der Waals surface area contributed by atoms with Gasteiger partial charge in [-0.3, -0.25) is 0 Å². The Hall–Kier alpha value is -0.330. The number of alkyl halides is 1. The molecule has 0 spiro atoms. The van der Waals surface area contributed by atoms with E-state index in [2.05, 4.69) is 6.92 Å². The zero-order valence-corrected chi connectivity index (χ0v) is 4.36. The fourth-order valence-corrected chi connectivity index (χ4v) is 0.299. The van der Waals surface area contributed by atoms with Gasteiger partial charge >= 0.3 is 0 Å².